The van der Waals surface area contributed by atoms with E-state index in [1.807, 2.05) is 6.07 Å². The molecule has 0 unspecified atom stereocenters. The molecule has 110 valence electrons. The van der Waals surface area contributed by atoms with Crippen molar-refractivity contribution in [2.75, 3.05) is 0 Å². The molecule has 1 aromatic heterocycles. The number of aryl methyl sites for hydroxylation is 1. The minimum atomic E-state index is -0.663. The summed E-state index contributed by atoms with van der Waals surface area (Å²) in [6.45, 7) is 1.70. The van der Waals surface area contributed by atoms with E-state index >= 15 is 0 Å². The molecular weight excluding hydrogens is 288 g/mol. The number of non-ortho nitro benzene ring substituents is 2. The summed E-state index contributed by atoms with van der Waals surface area (Å²) in [6.07, 6.45) is 0. The first-order chi connectivity index (χ1) is 10.5. The van der Waals surface area contributed by atoms with Crippen LogP contribution in [0.3, 0.4) is 0 Å². The highest BCUT2D eigenvalue weighted by molar-refractivity contribution is 5.89. The lowest BCUT2D eigenvalue weighted by molar-refractivity contribution is -0.393. The second-order valence-electron chi connectivity index (χ2n) is 4.68. The molecule has 2 aromatic carbocycles. The van der Waals surface area contributed by atoms with Gasteiger partial charge in [0.1, 0.15) is 11.3 Å². The third-order valence-electron chi connectivity index (χ3n) is 3.31. The van der Waals surface area contributed by atoms with Crippen LogP contribution < -0.4 is 0 Å². The Morgan fingerprint density at radius 3 is 2.32 bits per heavy atom. The van der Waals surface area contributed by atoms with Crippen LogP contribution in [0.4, 0.5) is 11.4 Å². The molecular formula is C14H10N4O4. The topological polar surface area (TPSA) is 104 Å². The van der Waals surface area contributed by atoms with E-state index < -0.39 is 9.85 Å². The van der Waals surface area contributed by atoms with Crippen molar-refractivity contribution in [2.45, 2.75) is 6.92 Å². The lowest BCUT2D eigenvalue weighted by Crippen LogP contribution is -2.00. The van der Waals surface area contributed by atoms with Gasteiger partial charge in [-0.15, -0.1) is 0 Å². The molecule has 0 atom stereocenters. The maximum absolute atomic E-state index is 11.3. The average Bonchev–Trinajstić information content (AvgIpc) is 2.82. The number of nitro benzene ring substituents is 2. The SMILES string of the molecule is Cc1nc2cc([N+](=O)[O-])cc([N+](=O)[O-])c2n1-c1ccccc1. The number of rotatable bonds is 3. The standard InChI is InChI=1S/C14H10N4O4/c1-9-15-12-7-11(17(19)20)8-13(18(21)22)14(12)16(9)10-5-3-2-4-6-10/h2-8H,1H3. The Balaban J connectivity index is 2.42. The van der Waals surface area contributed by atoms with Gasteiger partial charge in [-0.3, -0.25) is 24.8 Å². The number of hydrogen-bond donors (Lipinski definition) is 0. The molecule has 0 saturated carbocycles. The largest absolute Gasteiger partial charge is 0.302 e. The monoisotopic (exact) mass is 298 g/mol. The quantitative estimate of drug-likeness (QED) is 0.545. The van der Waals surface area contributed by atoms with Crippen LogP contribution >= 0.6 is 0 Å². The van der Waals surface area contributed by atoms with Gasteiger partial charge < -0.3 is 0 Å². The van der Waals surface area contributed by atoms with Crippen molar-refractivity contribution in [3.63, 3.8) is 0 Å². The molecule has 0 saturated heterocycles. The maximum Gasteiger partial charge on any atom is 0.302 e. The highest BCUT2D eigenvalue weighted by atomic mass is 16.6. The number of imidazole rings is 1. The van der Waals surface area contributed by atoms with Crippen molar-refractivity contribution in [1.82, 2.24) is 9.55 Å². The Morgan fingerprint density at radius 1 is 1.05 bits per heavy atom. The highest BCUT2D eigenvalue weighted by Crippen LogP contribution is 2.33. The van der Waals surface area contributed by atoms with E-state index in [0.717, 1.165) is 6.07 Å². The lowest BCUT2D eigenvalue weighted by atomic mass is 10.2. The van der Waals surface area contributed by atoms with Crippen LogP contribution in [-0.4, -0.2) is 19.4 Å². The number of nitro groups is 2. The Bertz CT molecular complexity index is 902. The Labute approximate surface area is 123 Å². The molecule has 0 N–H and O–H groups in total. The normalized spacial score (nSPS) is 10.8. The summed E-state index contributed by atoms with van der Waals surface area (Å²) in [4.78, 5) is 25.2. The zero-order chi connectivity index (χ0) is 15.9. The number of fused-ring (bicyclic) bond motifs is 1. The predicted octanol–water partition coefficient (Wildman–Crippen LogP) is 3.15. The fourth-order valence-corrected chi connectivity index (χ4v) is 2.43. The maximum atomic E-state index is 11.3. The summed E-state index contributed by atoms with van der Waals surface area (Å²) in [6, 6.07) is 11.2. The molecule has 1 heterocycles. The second kappa shape index (κ2) is 4.92. The van der Waals surface area contributed by atoms with Crippen LogP contribution in [0.1, 0.15) is 5.82 Å². The number of para-hydroxylation sites is 1. The van der Waals surface area contributed by atoms with Gasteiger partial charge in [-0.2, -0.15) is 0 Å². The molecule has 0 aliphatic carbocycles. The van der Waals surface area contributed by atoms with Crippen LogP contribution in [0.15, 0.2) is 42.5 Å². The molecule has 22 heavy (non-hydrogen) atoms. The van der Waals surface area contributed by atoms with Crippen molar-refractivity contribution in [2.24, 2.45) is 0 Å². The molecule has 0 amide bonds. The summed E-state index contributed by atoms with van der Waals surface area (Å²) in [5.41, 5.74) is 0.492. The minimum absolute atomic E-state index is 0.224. The lowest BCUT2D eigenvalue weighted by Gasteiger charge is -2.06. The average molecular weight is 298 g/mol. The summed E-state index contributed by atoms with van der Waals surface area (Å²) in [5, 5.41) is 22.3. The minimum Gasteiger partial charge on any atom is -0.291 e. The van der Waals surface area contributed by atoms with Gasteiger partial charge in [-0.05, 0) is 19.1 Å². The molecule has 0 aliphatic rings. The molecule has 0 spiro atoms. The summed E-state index contributed by atoms with van der Waals surface area (Å²) in [7, 11) is 0. The van der Waals surface area contributed by atoms with Gasteiger partial charge in [0.15, 0.2) is 5.52 Å². The molecule has 3 rings (SSSR count). The van der Waals surface area contributed by atoms with E-state index in [1.165, 1.54) is 6.07 Å². The number of benzene rings is 2. The predicted molar refractivity (Wildman–Crippen MR) is 79.1 cm³/mol. The van der Waals surface area contributed by atoms with Gasteiger partial charge >= 0.3 is 5.69 Å². The fraction of sp³-hybridized carbons (Fsp3) is 0.0714. The van der Waals surface area contributed by atoms with Crippen molar-refractivity contribution in [3.8, 4) is 5.69 Å². The van der Waals surface area contributed by atoms with Gasteiger partial charge in [0.2, 0.25) is 0 Å². The third-order valence-corrected chi connectivity index (χ3v) is 3.31. The van der Waals surface area contributed by atoms with Crippen molar-refractivity contribution >= 4 is 22.4 Å². The van der Waals surface area contributed by atoms with Gasteiger partial charge in [-0.1, -0.05) is 18.2 Å². The molecule has 0 radical (unpaired) electrons. The first-order valence-electron chi connectivity index (χ1n) is 6.36. The molecule has 0 fully saturated rings. The smallest absolute Gasteiger partial charge is 0.291 e. The molecule has 0 bridgehead atoms. The molecule has 3 aromatic rings. The van der Waals surface area contributed by atoms with E-state index in [2.05, 4.69) is 4.98 Å². The molecule has 8 nitrogen and oxygen atoms in total. The Hall–Kier alpha value is -3.29. The Kier molecular flexibility index (Phi) is 3.06. The van der Waals surface area contributed by atoms with E-state index in [4.69, 9.17) is 0 Å². The summed E-state index contributed by atoms with van der Waals surface area (Å²) in [5.74, 6) is 0.518. The van der Waals surface area contributed by atoms with Crippen molar-refractivity contribution in [1.29, 1.82) is 0 Å². The number of aromatic nitrogens is 2. The van der Waals surface area contributed by atoms with Crippen LogP contribution in [0, 0.1) is 27.2 Å². The van der Waals surface area contributed by atoms with Crippen LogP contribution in [0.25, 0.3) is 16.7 Å². The first-order valence-corrected chi connectivity index (χ1v) is 6.36. The van der Waals surface area contributed by atoms with E-state index in [1.54, 1.807) is 35.8 Å². The van der Waals surface area contributed by atoms with Gasteiger partial charge in [0.05, 0.1) is 15.9 Å². The van der Waals surface area contributed by atoms with Gasteiger partial charge in [0, 0.05) is 11.8 Å². The second-order valence-corrected chi connectivity index (χ2v) is 4.68. The Morgan fingerprint density at radius 2 is 1.73 bits per heavy atom. The first kappa shape index (κ1) is 13.7. The van der Waals surface area contributed by atoms with E-state index in [9.17, 15) is 20.2 Å². The van der Waals surface area contributed by atoms with Crippen molar-refractivity contribution < 1.29 is 9.85 Å². The molecule has 0 aliphatic heterocycles. The van der Waals surface area contributed by atoms with Crippen LogP contribution in [0.5, 0.6) is 0 Å². The molecule has 8 heteroatoms. The number of hydrogen-bond acceptors (Lipinski definition) is 5. The van der Waals surface area contributed by atoms with Crippen molar-refractivity contribution in [3.05, 3.63) is 68.5 Å². The van der Waals surface area contributed by atoms with E-state index in [-0.39, 0.29) is 22.4 Å². The third kappa shape index (κ3) is 2.06. The van der Waals surface area contributed by atoms with Gasteiger partial charge in [-0.25, -0.2) is 4.98 Å². The number of nitrogens with zero attached hydrogens (tertiary/aromatic N) is 4. The fourth-order valence-electron chi connectivity index (χ4n) is 2.43. The summed E-state index contributed by atoms with van der Waals surface area (Å²) >= 11 is 0. The summed E-state index contributed by atoms with van der Waals surface area (Å²) < 4.78 is 1.62. The zero-order valence-corrected chi connectivity index (χ0v) is 11.5. The van der Waals surface area contributed by atoms with E-state index in [0.29, 0.717) is 11.5 Å². The van der Waals surface area contributed by atoms with Crippen LogP contribution in [-0.2, 0) is 0 Å². The van der Waals surface area contributed by atoms with Crippen LogP contribution in [0.2, 0.25) is 0 Å². The highest BCUT2D eigenvalue weighted by Gasteiger charge is 2.25. The zero-order valence-electron chi connectivity index (χ0n) is 11.5. The van der Waals surface area contributed by atoms with Gasteiger partial charge in [0.25, 0.3) is 5.69 Å².